The van der Waals surface area contributed by atoms with Crippen LogP contribution in [-0.4, -0.2) is 71.8 Å². The molecular weight excluding hydrogens is 327 g/mol. The van der Waals surface area contributed by atoms with E-state index in [0.717, 1.165) is 4.90 Å². The van der Waals surface area contributed by atoms with E-state index in [2.05, 4.69) is 10.2 Å². The summed E-state index contributed by atoms with van der Waals surface area (Å²) in [6.07, 6.45) is 0. The zero-order valence-corrected chi connectivity index (χ0v) is 14.5. The average Bonchev–Trinajstić information content (AvgIpc) is 2.57. The number of nitrogens with one attached hydrogen (secondary N) is 1. The third kappa shape index (κ3) is 5.53. The highest BCUT2D eigenvalue weighted by molar-refractivity contribution is 6.00. The Bertz CT molecular complexity index is 627. The van der Waals surface area contributed by atoms with Gasteiger partial charge in [-0.3, -0.25) is 19.4 Å². The SMILES string of the molecule is CC(=O)N1CCN(CCN(C(C)=O)C(=O)Nc2ccc(F)cc2)CC1. The summed E-state index contributed by atoms with van der Waals surface area (Å²) in [6, 6.07) is 4.81. The van der Waals surface area contributed by atoms with Crippen LogP contribution in [0.15, 0.2) is 24.3 Å². The molecule has 1 aliphatic rings. The van der Waals surface area contributed by atoms with E-state index in [-0.39, 0.29) is 18.4 Å². The first-order valence-electron chi connectivity index (χ1n) is 8.19. The highest BCUT2D eigenvalue weighted by atomic mass is 19.1. The van der Waals surface area contributed by atoms with Gasteiger partial charge in [-0.2, -0.15) is 0 Å². The second-order valence-corrected chi connectivity index (χ2v) is 5.96. The van der Waals surface area contributed by atoms with Gasteiger partial charge in [-0.1, -0.05) is 0 Å². The van der Waals surface area contributed by atoms with Crippen LogP contribution in [0, 0.1) is 5.82 Å². The molecule has 25 heavy (non-hydrogen) atoms. The molecule has 1 heterocycles. The van der Waals surface area contributed by atoms with Gasteiger partial charge in [-0.15, -0.1) is 0 Å². The molecule has 1 aromatic rings. The predicted molar refractivity (Wildman–Crippen MR) is 91.5 cm³/mol. The number of benzene rings is 1. The zero-order valence-electron chi connectivity index (χ0n) is 14.5. The lowest BCUT2D eigenvalue weighted by atomic mass is 10.3. The van der Waals surface area contributed by atoms with Gasteiger partial charge < -0.3 is 10.2 Å². The molecule has 4 amide bonds. The number of amides is 4. The Kier molecular flexibility index (Phi) is 6.46. The molecule has 1 aliphatic heterocycles. The molecule has 0 radical (unpaired) electrons. The zero-order chi connectivity index (χ0) is 18.4. The van der Waals surface area contributed by atoms with Crippen molar-refractivity contribution in [2.45, 2.75) is 13.8 Å². The maximum atomic E-state index is 12.9. The van der Waals surface area contributed by atoms with Gasteiger partial charge in [0, 0.05) is 58.8 Å². The van der Waals surface area contributed by atoms with Crippen molar-refractivity contribution >= 4 is 23.5 Å². The van der Waals surface area contributed by atoms with Crippen molar-refractivity contribution in [2.75, 3.05) is 44.6 Å². The van der Waals surface area contributed by atoms with Gasteiger partial charge in [-0.25, -0.2) is 9.18 Å². The van der Waals surface area contributed by atoms with Gasteiger partial charge in [0.2, 0.25) is 11.8 Å². The molecule has 1 saturated heterocycles. The van der Waals surface area contributed by atoms with Gasteiger partial charge >= 0.3 is 6.03 Å². The third-order valence-electron chi connectivity index (χ3n) is 4.18. The van der Waals surface area contributed by atoms with Crippen molar-refractivity contribution in [2.24, 2.45) is 0 Å². The lowest BCUT2D eigenvalue weighted by molar-refractivity contribution is -0.130. The van der Waals surface area contributed by atoms with Gasteiger partial charge in [0.1, 0.15) is 5.82 Å². The first kappa shape index (κ1) is 18.9. The first-order chi connectivity index (χ1) is 11.9. The van der Waals surface area contributed by atoms with E-state index in [9.17, 15) is 18.8 Å². The molecule has 1 N–H and O–H groups in total. The molecule has 7 nitrogen and oxygen atoms in total. The molecule has 1 fully saturated rings. The van der Waals surface area contributed by atoms with Crippen molar-refractivity contribution in [3.63, 3.8) is 0 Å². The monoisotopic (exact) mass is 350 g/mol. The summed E-state index contributed by atoms with van der Waals surface area (Å²) in [7, 11) is 0. The van der Waals surface area contributed by atoms with Crippen LogP contribution in [0.3, 0.4) is 0 Å². The molecule has 1 aromatic carbocycles. The molecule has 136 valence electrons. The normalized spacial score (nSPS) is 14.9. The van der Waals surface area contributed by atoms with Gasteiger partial charge in [0.15, 0.2) is 0 Å². The van der Waals surface area contributed by atoms with E-state index in [4.69, 9.17) is 0 Å². The summed E-state index contributed by atoms with van der Waals surface area (Å²) in [6.45, 7) is 6.40. The number of hydrogen-bond acceptors (Lipinski definition) is 4. The summed E-state index contributed by atoms with van der Waals surface area (Å²) in [4.78, 5) is 40.4. The third-order valence-corrected chi connectivity index (χ3v) is 4.18. The molecule has 0 unspecified atom stereocenters. The van der Waals surface area contributed by atoms with Crippen molar-refractivity contribution < 1.29 is 18.8 Å². The number of rotatable bonds is 4. The van der Waals surface area contributed by atoms with Gasteiger partial charge in [-0.05, 0) is 24.3 Å². The smallest absolute Gasteiger partial charge is 0.328 e. The van der Waals surface area contributed by atoms with E-state index in [0.29, 0.717) is 38.4 Å². The molecular formula is C17H23FN4O3. The van der Waals surface area contributed by atoms with Crippen LogP contribution >= 0.6 is 0 Å². The number of imide groups is 1. The Hall–Kier alpha value is -2.48. The van der Waals surface area contributed by atoms with Crippen LogP contribution in [0.4, 0.5) is 14.9 Å². The quantitative estimate of drug-likeness (QED) is 0.890. The van der Waals surface area contributed by atoms with Crippen LogP contribution in [-0.2, 0) is 9.59 Å². The van der Waals surface area contributed by atoms with Crippen LogP contribution in [0.2, 0.25) is 0 Å². The topological polar surface area (TPSA) is 73.0 Å². The standard InChI is InChI=1S/C17H23FN4O3/c1-13(23)21-10-7-20(8-11-21)9-12-22(14(2)24)17(25)19-16-5-3-15(18)4-6-16/h3-6H,7-12H2,1-2H3,(H,19,25). The fourth-order valence-electron chi connectivity index (χ4n) is 2.65. The number of carbonyl (C=O) groups excluding carboxylic acids is 3. The second kappa shape index (κ2) is 8.57. The van der Waals surface area contributed by atoms with Crippen LogP contribution < -0.4 is 5.32 Å². The summed E-state index contributed by atoms with van der Waals surface area (Å²) >= 11 is 0. The Morgan fingerprint density at radius 1 is 1.08 bits per heavy atom. The fourth-order valence-corrected chi connectivity index (χ4v) is 2.65. The van der Waals surface area contributed by atoms with E-state index in [1.807, 2.05) is 0 Å². The highest BCUT2D eigenvalue weighted by Gasteiger charge is 2.22. The molecule has 0 saturated carbocycles. The minimum atomic E-state index is -0.540. The maximum absolute atomic E-state index is 12.9. The van der Waals surface area contributed by atoms with Crippen molar-refractivity contribution in [3.05, 3.63) is 30.1 Å². The summed E-state index contributed by atoms with van der Waals surface area (Å²) in [5.41, 5.74) is 0.424. The van der Waals surface area contributed by atoms with Crippen molar-refractivity contribution in [1.29, 1.82) is 0 Å². The number of carbonyl (C=O) groups is 3. The van der Waals surface area contributed by atoms with Crippen LogP contribution in [0.1, 0.15) is 13.8 Å². The number of nitrogens with zero attached hydrogens (tertiary/aromatic N) is 3. The Labute approximate surface area is 146 Å². The number of anilines is 1. The van der Waals surface area contributed by atoms with E-state index >= 15 is 0 Å². The Balaban J connectivity index is 1.86. The van der Waals surface area contributed by atoms with Crippen LogP contribution in [0.25, 0.3) is 0 Å². The van der Waals surface area contributed by atoms with Gasteiger partial charge in [0.25, 0.3) is 0 Å². The second-order valence-electron chi connectivity index (χ2n) is 5.96. The lowest BCUT2D eigenvalue weighted by Gasteiger charge is -2.35. The fraction of sp³-hybridized carbons (Fsp3) is 0.471. The Morgan fingerprint density at radius 2 is 1.68 bits per heavy atom. The molecule has 0 atom stereocenters. The largest absolute Gasteiger partial charge is 0.340 e. The summed E-state index contributed by atoms with van der Waals surface area (Å²) < 4.78 is 12.9. The number of piperazine rings is 1. The van der Waals surface area contributed by atoms with Crippen molar-refractivity contribution in [3.8, 4) is 0 Å². The number of hydrogen-bond donors (Lipinski definition) is 1. The Morgan fingerprint density at radius 3 is 2.20 bits per heavy atom. The van der Waals surface area contributed by atoms with Gasteiger partial charge in [0.05, 0.1) is 0 Å². The van der Waals surface area contributed by atoms with E-state index in [1.54, 1.807) is 11.8 Å². The molecule has 0 spiro atoms. The molecule has 8 heteroatoms. The average molecular weight is 350 g/mol. The number of urea groups is 1. The molecule has 2 rings (SSSR count). The predicted octanol–water partition coefficient (Wildman–Crippen LogP) is 1.37. The molecule has 0 aliphatic carbocycles. The van der Waals surface area contributed by atoms with Crippen molar-refractivity contribution in [1.82, 2.24) is 14.7 Å². The maximum Gasteiger partial charge on any atom is 0.328 e. The lowest BCUT2D eigenvalue weighted by Crippen LogP contribution is -2.51. The first-order valence-corrected chi connectivity index (χ1v) is 8.19. The van der Waals surface area contributed by atoms with E-state index in [1.165, 1.54) is 31.2 Å². The highest BCUT2D eigenvalue weighted by Crippen LogP contribution is 2.10. The summed E-state index contributed by atoms with van der Waals surface area (Å²) in [5, 5.41) is 2.59. The summed E-state index contributed by atoms with van der Waals surface area (Å²) in [5.74, 6) is -0.697. The minimum absolute atomic E-state index is 0.0590. The molecule has 0 aromatic heterocycles. The number of halogens is 1. The van der Waals surface area contributed by atoms with Crippen LogP contribution in [0.5, 0.6) is 0 Å². The minimum Gasteiger partial charge on any atom is -0.340 e. The molecule has 0 bridgehead atoms. The van der Waals surface area contributed by atoms with E-state index < -0.39 is 11.8 Å².